The maximum absolute atomic E-state index is 14.1. The van der Waals surface area contributed by atoms with Crippen LogP contribution in [0.25, 0.3) is 0 Å². The maximum atomic E-state index is 14.1. The van der Waals surface area contributed by atoms with Gasteiger partial charge in [-0.25, -0.2) is 4.79 Å². The van der Waals surface area contributed by atoms with E-state index < -0.39 is 6.04 Å². The highest BCUT2D eigenvalue weighted by Gasteiger charge is 2.34. The van der Waals surface area contributed by atoms with Crippen LogP contribution in [0.3, 0.4) is 0 Å². The lowest BCUT2D eigenvalue weighted by molar-refractivity contribution is -0.135. The number of hydrogen-bond donors (Lipinski definition) is 2. The van der Waals surface area contributed by atoms with Crippen molar-refractivity contribution < 1.29 is 14.4 Å². The number of carbonyl (C=O) groups excluding carboxylic acids is 3. The zero-order chi connectivity index (χ0) is 33.2. The molecule has 3 fully saturated rings. The second kappa shape index (κ2) is 17.0. The normalized spacial score (nSPS) is 18.9. The van der Waals surface area contributed by atoms with Crippen LogP contribution in [0.2, 0.25) is 0 Å². The van der Waals surface area contributed by atoms with E-state index in [-0.39, 0.29) is 18.0 Å². The molecular formula is C38H56N6O3. The number of nitrogens with zero attached hydrogens (tertiary/aromatic N) is 4. The zero-order valence-corrected chi connectivity index (χ0v) is 28.7. The summed E-state index contributed by atoms with van der Waals surface area (Å²) in [5.41, 5.74) is 11.6. The number of likely N-dealkylation sites (tertiary alicyclic amines) is 3. The summed E-state index contributed by atoms with van der Waals surface area (Å²) in [4.78, 5) is 48.1. The Kier molecular flexibility index (Phi) is 12.6. The maximum Gasteiger partial charge on any atom is 0.318 e. The van der Waals surface area contributed by atoms with Crippen molar-refractivity contribution in [2.24, 2.45) is 0 Å². The van der Waals surface area contributed by atoms with E-state index in [0.717, 1.165) is 62.0 Å². The van der Waals surface area contributed by atoms with E-state index in [9.17, 15) is 14.4 Å². The molecule has 0 spiro atoms. The highest BCUT2D eigenvalue weighted by molar-refractivity contribution is 5.87. The number of nitrogens with two attached hydrogens (primary N) is 1. The number of para-hydroxylation sites is 1. The third-order valence-corrected chi connectivity index (χ3v) is 10.8. The van der Waals surface area contributed by atoms with Gasteiger partial charge in [-0.05, 0) is 99.2 Å². The van der Waals surface area contributed by atoms with E-state index in [2.05, 4.69) is 42.3 Å². The summed E-state index contributed by atoms with van der Waals surface area (Å²) in [5, 5.41) is 3.17. The first-order chi connectivity index (χ1) is 22.9. The molecule has 9 heteroatoms. The van der Waals surface area contributed by atoms with Crippen LogP contribution in [0.1, 0.15) is 81.0 Å². The van der Waals surface area contributed by atoms with E-state index in [4.69, 9.17) is 5.73 Å². The fourth-order valence-electron chi connectivity index (χ4n) is 7.85. The Morgan fingerprint density at radius 2 is 1.55 bits per heavy atom. The molecule has 0 saturated carbocycles. The molecule has 3 heterocycles. The number of nitrogen functional groups attached to an aromatic ring is 1. The number of carbonyl (C=O) groups is 3. The highest BCUT2D eigenvalue weighted by atomic mass is 16.2. The average Bonchev–Trinajstić information content (AvgIpc) is 3.12. The number of aryl methyl sites for hydroxylation is 2. The van der Waals surface area contributed by atoms with Crippen molar-refractivity contribution in [1.82, 2.24) is 24.9 Å². The number of amides is 4. The lowest BCUT2D eigenvalue weighted by atomic mass is 9.95. The Balaban J connectivity index is 1.20. The number of piperidine rings is 3. The van der Waals surface area contributed by atoms with Crippen molar-refractivity contribution in [1.29, 1.82) is 0 Å². The number of hydrogen-bond acceptors (Lipinski definition) is 5. The first-order valence-corrected chi connectivity index (χ1v) is 18.1. The van der Waals surface area contributed by atoms with Gasteiger partial charge in [-0.2, -0.15) is 0 Å². The molecule has 0 unspecified atom stereocenters. The molecule has 256 valence electrons. The van der Waals surface area contributed by atoms with E-state index in [1.807, 2.05) is 39.0 Å². The number of urea groups is 1. The third-order valence-electron chi connectivity index (χ3n) is 10.8. The van der Waals surface area contributed by atoms with Crippen molar-refractivity contribution >= 4 is 24.0 Å². The lowest BCUT2D eigenvalue weighted by Gasteiger charge is -2.41. The van der Waals surface area contributed by atoms with Gasteiger partial charge in [0.25, 0.3) is 0 Å². The Morgan fingerprint density at radius 1 is 0.872 bits per heavy atom. The Labute approximate surface area is 281 Å². The van der Waals surface area contributed by atoms with Gasteiger partial charge >= 0.3 is 6.03 Å². The molecule has 3 saturated heterocycles. The SMILES string of the molecule is CCc1ccc(C[C@@H](NC(=O)N2CCC(N(C=O)CCc3ccccc3N)CC2)C(=O)N2CCC(N3CCCCC3)CC2)cc1CC. The van der Waals surface area contributed by atoms with Gasteiger partial charge in [-0.3, -0.25) is 9.59 Å². The van der Waals surface area contributed by atoms with Crippen LogP contribution >= 0.6 is 0 Å². The molecular weight excluding hydrogens is 588 g/mol. The molecule has 3 N–H and O–H groups in total. The molecule has 0 aromatic heterocycles. The first-order valence-electron chi connectivity index (χ1n) is 18.1. The summed E-state index contributed by atoms with van der Waals surface area (Å²) in [6, 6.07) is 14.1. The molecule has 47 heavy (non-hydrogen) atoms. The molecule has 9 nitrogen and oxygen atoms in total. The van der Waals surface area contributed by atoms with Gasteiger partial charge in [0.05, 0.1) is 0 Å². The van der Waals surface area contributed by atoms with Crippen molar-refractivity contribution in [2.45, 2.75) is 103 Å². The minimum atomic E-state index is -0.619. The largest absolute Gasteiger partial charge is 0.399 e. The smallest absolute Gasteiger partial charge is 0.318 e. The molecule has 0 aliphatic carbocycles. The van der Waals surface area contributed by atoms with Crippen molar-refractivity contribution in [3.8, 4) is 0 Å². The van der Waals surface area contributed by atoms with Gasteiger partial charge in [0.2, 0.25) is 12.3 Å². The van der Waals surface area contributed by atoms with Gasteiger partial charge in [-0.15, -0.1) is 0 Å². The first kappa shape index (κ1) is 34.7. The summed E-state index contributed by atoms with van der Waals surface area (Å²) in [5.74, 6) is 0.0234. The van der Waals surface area contributed by atoms with Crippen LogP contribution in [0.15, 0.2) is 42.5 Å². The third kappa shape index (κ3) is 9.06. The van der Waals surface area contributed by atoms with E-state index in [1.165, 1.54) is 43.5 Å². The van der Waals surface area contributed by atoms with Crippen molar-refractivity contribution in [2.75, 3.05) is 51.5 Å². The number of rotatable bonds is 12. The Bertz CT molecular complexity index is 1330. The van der Waals surface area contributed by atoms with Gasteiger partial charge in [0.1, 0.15) is 6.04 Å². The predicted octanol–water partition coefficient (Wildman–Crippen LogP) is 4.66. The Hall–Kier alpha value is -3.59. The van der Waals surface area contributed by atoms with Crippen molar-refractivity contribution in [3.05, 3.63) is 64.7 Å². The van der Waals surface area contributed by atoms with Crippen LogP contribution < -0.4 is 11.1 Å². The van der Waals surface area contributed by atoms with E-state index >= 15 is 0 Å². The fourth-order valence-corrected chi connectivity index (χ4v) is 7.85. The molecule has 3 aliphatic rings. The monoisotopic (exact) mass is 644 g/mol. The van der Waals surface area contributed by atoms with Crippen LogP contribution in [0, 0.1) is 0 Å². The Morgan fingerprint density at radius 3 is 2.21 bits per heavy atom. The predicted molar refractivity (Wildman–Crippen MR) is 188 cm³/mol. The minimum Gasteiger partial charge on any atom is -0.399 e. The molecule has 5 rings (SSSR count). The quantitative estimate of drug-likeness (QED) is 0.259. The summed E-state index contributed by atoms with van der Waals surface area (Å²) < 4.78 is 0. The molecule has 2 aromatic carbocycles. The van der Waals surface area contributed by atoms with Gasteiger partial charge in [0.15, 0.2) is 0 Å². The molecule has 2 aromatic rings. The minimum absolute atomic E-state index is 0.0234. The average molecular weight is 645 g/mol. The fraction of sp³-hybridized carbons (Fsp3) is 0.605. The summed E-state index contributed by atoms with van der Waals surface area (Å²) in [6.07, 6.45) is 11.3. The second-order valence-corrected chi connectivity index (χ2v) is 13.7. The zero-order valence-electron chi connectivity index (χ0n) is 28.7. The lowest BCUT2D eigenvalue weighted by Crippen LogP contribution is -2.57. The molecule has 3 aliphatic heterocycles. The highest BCUT2D eigenvalue weighted by Crippen LogP contribution is 2.23. The van der Waals surface area contributed by atoms with Crippen LogP contribution in [0.5, 0.6) is 0 Å². The van der Waals surface area contributed by atoms with Crippen LogP contribution in [-0.2, 0) is 35.3 Å². The summed E-state index contributed by atoms with van der Waals surface area (Å²) in [7, 11) is 0. The summed E-state index contributed by atoms with van der Waals surface area (Å²) >= 11 is 0. The molecule has 0 radical (unpaired) electrons. The van der Waals surface area contributed by atoms with Gasteiger partial charge in [0, 0.05) is 56.9 Å². The topological polar surface area (TPSA) is 102 Å². The summed E-state index contributed by atoms with van der Waals surface area (Å²) in [6.45, 7) is 9.85. The van der Waals surface area contributed by atoms with E-state index in [1.54, 1.807) is 0 Å². The van der Waals surface area contributed by atoms with Gasteiger partial charge < -0.3 is 30.7 Å². The molecule has 0 bridgehead atoms. The van der Waals surface area contributed by atoms with Gasteiger partial charge in [-0.1, -0.05) is 56.7 Å². The molecule has 4 amide bonds. The second-order valence-electron chi connectivity index (χ2n) is 13.7. The molecule has 1 atom stereocenters. The number of nitrogens with one attached hydrogen (secondary N) is 1. The van der Waals surface area contributed by atoms with Crippen LogP contribution in [-0.4, -0.2) is 102 Å². The standard InChI is InChI=1S/C38H56N6O3/c1-3-30-13-12-29(26-31(30)4-2)27-36(37(46)42-22-15-33(16-23-42)41-19-8-5-9-20-41)40-38(47)43-24-17-34(18-25-43)44(28-45)21-14-32-10-6-7-11-35(32)39/h6-7,10-13,26,28,33-34,36H,3-5,8-9,14-25,27,39H2,1-2H3,(H,40,47)/t36-/m1/s1. The van der Waals surface area contributed by atoms with E-state index in [0.29, 0.717) is 51.4 Å². The number of benzene rings is 2. The van der Waals surface area contributed by atoms with Crippen molar-refractivity contribution in [3.63, 3.8) is 0 Å². The van der Waals surface area contributed by atoms with Crippen LogP contribution in [0.4, 0.5) is 10.5 Å². The number of anilines is 1.